The van der Waals surface area contributed by atoms with Crippen LogP contribution in [0, 0.1) is 12.7 Å². The molecule has 0 saturated heterocycles. The fourth-order valence-electron chi connectivity index (χ4n) is 1.75. The summed E-state index contributed by atoms with van der Waals surface area (Å²) in [6, 6.07) is 9.37. The van der Waals surface area contributed by atoms with E-state index in [-0.39, 0.29) is 16.7 Å². The summed E-state index contributed by atoms with van der Waals surface area (Å²) in [6.45, 7) is 1.61. The summed E-state index contributed by atoms with van der Waals surface area (Å²) in [5.41, 5.74) is 7.64. The highest BCUT2D eigenvalue weighted by molar-refractivity contribution is 9.10. The molecule has 0 bridgehead atoms. The Kier molecular flexibility index (Phi) is 4.69. The first kappa shape index (κ1) is 15.6. The predicted molar refractivity (Wildman–Crippen MR) is 89.1 cm³/mol. The molecule has 2 aromatic carbocycles. The number of nitrogens with two attached hydrogens (primary N) is 1. The van der Waals surface area contributed by atoms with Gasteiger partial charge in [0.15, 0.2) is 0 Å². The monoisotopic (exact) mass is 366 g/mol. The van der Waals surface area contributed by atoms with E-state index < -0.39 is 0 Å². The minimum atomic E-state index is -0.339. The van der Waals surface area contributed by atoms with Gasteiger partial charge in [0, 0.05) is 15.6 Å². The van der Waals surface area contributed by atoms with Crippen molar-refractivity contribution in [3.05, 3.63) is 63.4 Å². The molecule has 2 aromatic rings. The minimum absolute atomic E-state index is 0.280. The molecular weight excluding hydrogens is 355 g/mol. The summed E-state index contributed by atoms with van der Waals surface area (Å²) in [5.74, 6) is -0.657. The number of thiocarbonyl (C=S) groups is 1. The number of carbonyl (C=O) groups excluding carboxylic acids is 1. The van der Waals surface area contributed by atoms with Gasteiger partial charge in [-0.05, 0) is 64.8 Å². The van der Waals surface area contributed by atoms with Gasteiger partial charge in [-0.3, -0.25) is 4.79 Å². The van der Waals surface area contributed by atoms with Crippen LogP contribution in [0.1, 0.15) is 21.5 Å². The number of hydrogen-bond acceptors (Lipinski definition) is 2. The van der Waals surface area contributed by atoms with Crippen molar-refractivity contribution in [2.75, 3.05) is 5.32 Å². The molecule has 0 aromatic heterocycles. The third-order valence-corrected chi connectivity index (χ3v) is 3.81. The maximum atomic E-state index is 13.2. The molecule has 6 heteroatoms. The van der Waals surface area contributed by atoms with Crippen LogP contribution in [0.4, 0.5) is 10.1 Å². The van der Waals surface area contributed by atoms with Crippen molar-refractivity contribution in [1.29, 1.82) is 0 Å². The van der Waals surface area contributed by atoms with E-state index >= 15 is 0 Å². The van der Waals surface area contributed by atoms with Crippen molar-refractivity contribution in [3.8, 4) is 0 Å². The topological polar surface area (TPSA) is 55.1 Å². The molecule has 1 amide bonds. The van der Waals surface area contributed by atoms with E-state index in [1.807, 2.05) is 0 Å². The number of hydrogen-bond donors (Lipinski definition) is 2. The molecule has 0 unspecified atom stereocenters. The maximum Gasteiger partial charge on any atom is 0.255 e. The van der Waals surface area contributed by atoms with Crippen LogP contribution in [-0.4, -0.2) is 10.9 Å². The molecule has 0 aliphatic rings. The van der Waals surface area contributed by atoms with Gasteiger partial charge < -0.3 is 11.1 Å². The van der Waals surface area contributed by atoms with Crippen molar-refractivity contribution >= 4 is 44.7 Å². The first-order valence-electron chi connectivity index (χ1n) is 6.05. The van der Waals surface area contributed by atoms with Gasteiger partial charge in [-0.2, -0.15) is 0 Å². The summed E-state index contributed by atoms with van der Waals surface area (Å²) in [6.07, 6.45) is 0. The number of benzene rings is 2. The highest BCUT2D eigenvalue weighted by atomic mass is 79.9. The smallest absolute Gasteiger partial charge is 0.255 e. The van der Waals surface area contributed by atoms with E-state index in [0.717, 1.165) is 0 Å². The summed E-state index contributed by atoms with van der Waals surface area (Å²) >= 11 is 8.24. The fraction of sp³-hybridized carbons (Fsp3) is 0.0667. The fourth-order valence-corrected chi connectivity index (χ4v) is 2.36. The van der Waals surface area contributed by atoms with Gasteiger partial charge >= 0.3 is 0 Å². The summed E-state index contributed by atoms with van der Waals surface area (Å²) in [5, 5.41) is 2.75. The van der Waals surface area contributed by atoms with Gasteiger partial charge in [0.2, 0.25) is 0 Å². The van der Waals surface area contributed by atoms with E-state index in [9.17, 15) is 9.18 Å². The van der Waals surface area contributed by atoms with Crippen molar-refractivity contribution in [2.24, 2.45) is 5.73 Å². The third kappa shape index (κ3) is 3.65. The number of rotatable bonds is 3. The van der Waals surface area contributed by atoms with Gasteiger partial charge in [-0.25, -0.2) is 4.39 Å². The number of anilines is 1. The largest absolute Gasteiger partial charge is 0.389 e. The van der Waals surface area contributed by atoms with Crippen LogP contribution in [0.2, 0.25) is 0 Å². The van der Waals surface area contributed by atoms with Crippen LogP contribution < -0.4 is 11.1 Å². The van der Waals surface area contributed by atoms with Crippen molar-refractivity contribution < 1.29 is 9.18 Å². The number of amides is 1. The molecule has 0 aliphatic heterocycles. The molecule has 108 valence electrons. The van der Waals surface area contributed by atoms with E-state index in [2.05, 4.69) is 21.2 Å². The van der Waals surface area contributed by atoms with Crippen LogP contribution in [0.3, 0.4) is 0 Å². The Labute approximate surface area is 135 Å². The zero-order chi connectivity index (χ0) is 15.6. The van der Waals surface area contributed by atoms with E-state index in [0.29, 0.717) is 26.9 Å². The molecule has 0 aliphatic carbocycles. The standard InChI is InChI=1S/C15H12BrFN2OS/c1-8-6-10(2-4-12(8)17)15(20)19-13-5-3-9(14(18)21)7-11(13)16/h2-7H,1H3,(H2,18,21)(H,19,20). The zero-order valence-corrected chi connectivity index (χ0v) is 13.5. The molecule has 3 nitrogen and oxygen atoms in total. The molecular formula is C15H12BrFN2OS. The molecule has 0 atom stereocenters. The van der Waals surface area contributed by atoms with Crippen molar-refractivity contribution in [1.82, 2.24) is 0 Å². The molecule has 0 saturated carbocycles. The second-order valence-corrected chi connectivity index (χ2v) is 5.77. The molecule has 0 heterocycles. The first-order chi connectivity index (χ1) is 9.88. The normalized spacial score (nSPS) is 10.2. The summed E-state index contributed by atoms with van der Waals surface area (Å²) in [7, 11) is 0. The van der Waals surface area contributed by atoms with Crippen LogP contribution >= 0.6 is 28.1 Å². The number of nitrogens with one attached hydrogen (secondary N) is 1. The van der Waals surface area contributed by atoms with Gasteiger partial charge in [0.1, 0.15) is 10.8 Å². The van der Waals surface area contributed by atoms with Gasteiger partial charge in [-0.15, -0.1) is 0 Å². The van der Waals surface area contributed by atoms with Crippen molar-refractivity contribution in [3.63, 3.8) is 0 Å². The van der Waals surface area contributed by atoms with Crippen LogP contribution in [0.5, 0.6) is 0 Å². The number of carbonyl (C=O) groups is 1. The second kappa shape index (κ2) is 6.32. The lowest BCUT2D eigenvalue weighted by molar-refractivity contribution is 0.102. The van der Waals surface area contributed by atoms with Crippen molar-refractivity contribution in [2.45, 2.75) is 6.92 Å². The highest BCUT2D eigenvalue weighted by Crippen LogP contribution is 2.24. The highest BCUT2D eigenvalue weighted by Gasteiger charge is 2.10. The second-order valence-electron chi connectivity index (χ2n) is 4.48. The Bertz CT molecular complexity index is 734. The van der Waals surface area contributed by atoms with E-state index in [1.54, 1.807) is 25.1 Å². The molecule has 21 heavy (non-hydrogen) atoms. The Morgan fingerprint density at radius 3 is 2.48 bits per heavy atom. The summed E-state index contributed by atoms with van der Waals surface area (Å²) in [4.78, 5) is 12.4. The lowest BCUT2D eigenvalue weighted by atomic mass is 10.1. The summed E-state index contributed by atoms with van der Waals surface area (Å²) < 4.78 is 13.9. The molecule has 0 spiro atoms. The Morgan fingerprint density at radius 1 is 1.24 bits per heavy atom. The molecule has 0 fully saturated rings. The Morgan fingerprint density at radius 2 is 1.90 bits per heavy atom. The predicted octanol–water partition coefficient (Wildman–Crippen LogP) is 3.78. The minimum Gasteiger partial charge on any atom is -0.389 e. The van der Waals surface area contributed by atoms with Crippen LogP contribution in [0.15, 0.2) is 40.9 Å². The van der Waals surface area contributed by atoms with Gasteiger partial charge in [0.05, 0.1) is 5.69 Å². The third-order valence-electron chi connectivity index (χ3n) is 2.92. The number of aryl methyl sites for hydroxylation is 1. The average molecular weight is 367 g/mol. The lowest BCUT2D eigenvalue weighted by Gasteiger charge is -2.09. The zero-order valence-electron chi connectivity index (χ0n) is 11.1. The molecule has 2 rings (SSSR count). The van der Waals surface area contributed by atoms with E-state index in [4.69, 9.17) is 18.0 Å². The Hall–Kier alpha value is -1.79. The molecule has 3 N–H and O–H groups in total. The molecule has 0 radical (unpaired) electrons. The SMILES string of the molecule is Cc1cc(C(=O)Nc2ccc(C(N)=S)cc2Br)ccc1F. The number of halogens is 2. The lowest BCUT2D eigenvalue weighted by Crippen LogP contribution is -2.14. The quantitative estimate of drug-likeness (QED) is 0.812. The van der Waals surface area contributed by atoms with Gasteiger partial charge in [0.25, 0.3) is 5.91 Å². The van der Waals surface area contributed by atoms with Crippen LogP contribution in [0.25, 0.3) is 0 Å². The average Bonchev–Trinajstić information content (AvgIpc) is 2.43. The maximum absolute atomic E-state index is 13.2. The Balaban J connectivity index is 2.23. The first-order valence-corrected chi connectivity index (χ1v) is 7.25. The van der Waals surface area contributed by atoms with E-state index in [1.165, 1.54) is 18.2 Å². The van der Waals surface area contributed by atoms with Gasteiger partial charge in [-0.1, -0.05) is 12.2 Å². The van der Waals surface area contributed by atoms with Crippen LogP contribution in [-0.2, 0) is 0 Å².